The van der Waals surface area contributed by atoms with Crippen LogP contribution in [0.3, 0.4) is 0 Å². The molecule has 0 radical (unpaired) electrons. The molecule has 6 heteroatoms. The second kappa shape index (κ2) is 6.23. The van der Waals surface area contributed by atoms with Gasteiger partial charge in [0.2, 0.25) is 0 Å². The molecule has 0 heterocycles. The highest BCUT2D eigenvalue weighted by Gasteiger charge is 2.30. The van der Waals surface area contributed by atoms with Gasteiger partial charge in [0, 0.05) is 11.4 Å². The predicted octanol–water partition coefficient (Wildman–Crippen LogP) is 5.50. The van der Waals surface area contributed by atoms with Crippen molar-refractivity contribution in [2.24, 2.45) is 0 Å². The summed E-state index contributed by atoms with van der Waals surface area (Å²) in [6.45, 7) is 0. The Morgan fingerprint density at radius 2 is 1.42 bits per heavy atom. The highest BCUT2D eigenvalue weighted by Crippen LogP contribution is 2.30. The molecular weight excluding hydrogens is 317 g/mol. The Balaban J connectivity index is 1.73. The average Bonchev–Trinajstić information content (AvgIpc) is 2.54. The van der Waals surface area contributed by atoms with Crippen LogP contribution in [0.25, 0.3) is 10.8 Å². The van der Waals surface area contributed by atoms with Crippen LogP contribution in [0.15, 0.2) is 66.7 Å². The third-order valence-corrected chi connectivity index (χ3v) is 3.46. The van der Waals surface area contributed by atoms with Crippen LogP contribution in [-0.4, -0.2) is 6.03 Å². The Morgan fingerprint density at radius 1 is 0.750 bits per heavy atom. The van der Waals surface area contributed by atoms with Gasteiger partial charge in [-0.3, -0.25) is 0 Å². The predicted molar refractivity (Wildman–Crippen MR) is 88.0 cm³/mol. The Kier molecular flexibility index (Phi) is 4.12. The summed E-state index contributed by atoms with van der Waals surface area (Å²) in [7, 11) is 0. The second-order valence-electron chi connectivity index (χ2n) is 5.22. The largest absolute Gasteiger partial charge is 0.416 e. The average molecular weight is 330 g/mol. The molecule has 122 valence electrons. The molecule has 0 bridgehead atoms. The Labute approximate surface area is 136 Å². The molecule has 0 aliphatic heterocycles. The highest BCUT2D eigenvalue weighted by atomic mass is 19.4. The zero-order valence-corrected chi connectivity index (χ0v) is 12.4. The summed E-state index contributed by atoms with van der Waals surface area (Å²) in [5, 5.41) is 6.99. The summed E-state index contributed by atoms with van der Waals surface area (Å²) in [6, 6.07) is 16.9. The van der Waals surface area contributed by atoms with Crippen LogP contribution in [0.5, 0.6) is 0 Å². The normalized spacial score (nSPS) is 11.3. The van der Waals surface area contributed by atoms with Crippen molar-refractivity contribution in [2.45, 2.75) is 6.18 Å². The Bertz CT molecular complexity index is 891. The van der Waals surface area contributed by atoms with E-state index in [0.29, 0.717) is 5.69 Å². The van der Waals surface area contributed by atoms with E-state index in [-0.39, 0.29) is 5.69 Å². The first-order valence-corrected chi connectivity index (χ1v) is 7.16. The van der Waals surface area contributed by atoms with Gasteiger partial charge in [-0.15, -0.1) is 0 Å². The van der Waals surface area contributed by atoms with Gasteiger partial charge in [-0.05, 0) is 41.1 Å². The first kappa shape index (κ1) is 15.9. The number of carbonyl (C=O) groups is 1. The fourth-order valence-electron chi connectivity index (χ4n) is 2.33. The zero-order valence-electron chi connectivity index (χ0n) is 12.4. The number of alkyl halides is 3. The number of nitrogens with one attached hydrogen (secondary N) is 2. The van der Waals surface area contributed by atoms with Crippen LogP contribution in [0.2, 0.25) is 0 Å². The number of amides is 2. The van der Waals surface area contributed by atoms with Gasteiger partial charge in [0.25, 0.3) is 0 Å². The monoisotopic (exact) mass is 330 g/mol. The first-order valence-electron chi connectivity index (χ1n) is 7.16. The minimum Gasteiger partial charge on any atom is -0.308 e. The number of halogens is 3. The van der Waals surface area contributed by atoms with Crippen LogP contribution >= 0.6 is 0 Å². The standard InChI is InChI=1S/C18H13F3N2O/c19-18(20,21)14-6-3-7-15(11-14)22-17(24)23-16-9-8-12-4-1-2-5-13(12)10-16/h1-11H,(H2,22,23,24). The molecule has 0 aliphatic carbocycles. The van der Waals surface area contributed by atoms with E-state index in [1.54, 1.807) is 12.1 Å². The molecule has 0 aliphatic rings. The summed E-state index contributed by atoms with van der Waals surface area (Å²) >= 11 is 0. The van der Waals surface area contributed by atoms with E-state index in [4.69, 9.17) is 0 Å². The van der Waals surface area contributed by atoms with Crippen molar-refractivity contribution in [3.8, 4) is 0 Å². The minimum atomic E-state index is -4.45. The summed E-state index contributed by atoms with van der Waals surface area (Å²) in [5.41, 5.74) is -0.188. The molecule has 3 aromatic carbocycles. The molecule has 0 aromatic heterocycles. The molecular formula is C18H13F3N2O. The molecule has 3 aromatic rings. The van der Waals surface area contributed by atoms with Gasteiger partial charge in [-0.1, -0.05) is 36.4 Å². The first-order chi connectivity index (χ1) is 11.4. The van der Waals surface area contributed by atoms with E-state index < -0.39 is 17.8 Å². The van der Waals surface area contributed by atoms with Gasteiger partial charge < -0.3 is 10.6 Å². The molecule has 0 fully saturated rings. The van der Waals surface area contributed by atoms with Crippen LogP contribution in [0, 0.1) is 0 Å². The van der Waals surface area contributed by atoms with Gasteiger partial charge in [0.1, 0.15) is 0 Å². The molecule has 0 unspecified atom stereocenters. The zero-order chi connectivity index (χ0) is 17.2. The number of rotatable bonds is 2. The fraction of sp³-hybridized carbons (Fsp3) is 0.0556. The number of benzene rings is 3. The van der Waals surface area contributed by atoms with Crippen molar-refractivity contribution in [3.05, 3.63) is 72.3 Å². The van der Waals surface area contributed by atoms with Crippen LogP contribution in [0.1, 0.15) is 5.56 Å². The molecule has 0 saturated carbocycles. The molecule has 0 spiro atoms. The maximum Gasteiger partial charge on any atom is 0.416 e. The molecule has 3 rings (SSSR count). The van der Waals surface area contributed by atoms with Crippen molar-refractivity contribution >= 4 is 28.2 Å². The molecule has 3 nitrogen and oxygen atoms in total. The Morgan fingerprint density at radius 3 is 2.12 bits per heavy atom. The van der Waals surface area contributed by atoms with E-state index in [2.05, 4.69) is 10.6 Å². The quantitative estimate of drug-likeness (QED) is 0.640. The number of fused-ring (bicyclic) bond motifs is 1. The van der Waals surface area contributed by atoms with Crippen molar-refractivity contribution in [1.82, 2.24) is 0 Å². The minimum absolute atomic E-state index is 0.0723. The van der Waals surface area contributed by atoms with E-state index in [9.17, 15) is 18.0 Å². The molecule has 24 heavy (non-hydrogen) atoms. The Hall–Kier alpha value is -3.02. The maximum absolute atomic E-state index is 12.7. The van der Waals surface area contributed by atoms with Crippen molar-refractivity contribution in [1.29, 1.82) is 0 Å². The van der Waals surface area contributed by atoms with Gasteiger partial charge in [-0.2, -0.15) is 13.2 Å². The number of hydrogen-bond acceptors (Lipinski definition) is 1. The number of carbonyl (C=O) groups excluding carboxylic acids is 1. The molecule has 0 saturated heterocycles. The maximum atomic E-state index is 12.7. The smallest absolute Gasteiger partial charge is 0.308 e. The van der Waals surface area contributed by atoms with Crippen molar-refractivity contribution in [3.63, 3.8) is 0 Å². The molecule has 2 N–H and O–H groups in total. The second-order valence-corrected chi connectivity index (χ2v) is 5.22. The molecule has 2 amide bonds. The highest BCUT2D eigenvalue weighted by molar-refractivity contribution is 6.01. The third-order valence-electron chi connectivity index (χ3n) is 3.46. The van der Waals surface area contributed by atoms with E-state index in [0.717, 1.165) is 22.9 Å². The van der Waals surface area contributed by atoms with E-state index >= 15 is 0 Å². The van der Waals surface area contributed by atoms with E-state index in [1.807, 2.05) is 30.3 Å². The summed E-state index contributed by atoms with van der Waals surface area (Å²) in [4.78, 5) is 12.0. The number of urea groups is 1. The summed E-state index contributed by atoms with van der Waals surface area (Å²) in [6.07, 6.45) is -4.45. The van der Waals surface area contributed by atoms with Crippen molar-refractivity contribution in [2.75, 3.05) is 10.6 Å². The van der Waals surface area contributed by atoms with Gasteiger partial charge in [0.05, 0.1) is 5.56 Å². The van der Waals surface area contributed by atoms with Crippen LogP contribution in [0.4, 0.5) is 29.3 Å². The lowest BCUT2D eigenvalue weighted by Gasteiger charge is -2.11. The van der Waals surface area contributed by atoms with Crippen molar-refractivity contribution < 1.29 is 18.0 Å². The third kappa shape index (κ3) is 3.65. The lowest BCUT2D eigenvalue weighted by atomic mass is 10.1. The number of hydrogen-bond donors (Lipinski definition) is 2. The van der Waals surface area contributed by atoms with Crippen LogP contribution < -0.4 is 10.6 Å². The topological polar surface area (TPSA) is 41.1 Å². The van der Waals surface area contributed by atoms with Gasteiger partial charge >= 0.3 is 12.2 Å². The summed E-state index contributed by atoms with van der Waals surface area (Å²) < 4.78 is 38.0. The lowest BCUT2D eigenvalue weighted by molar-refractivity contribution is -0.137. The SMILES string of the molecule is O=C(Nc1cccc(C(F)(F)F)c1)Nc1ccc2ccccc2c1. The lowest BCUT2D eigenvalue weighted by Crippen LogP contribution is -2.19. The van der Waals surface area contributed by atoms with E-state index in [1.165, 1.54) is 12.1 Å². The summed E-state index contributed by atoms with van der Waals surface area (Å²) in [5.74, 6) is 0. The molecule has 0 atom stereocenters. The fourth-order valence-corrected chi connectivity index (χ4v) is 2.33. The van der Waals surface area contributed by atoms with Crippen LogP contribution in [-0.2, 0) is 6.18 Å². The number of anilines is 2. The van der Waals surface area contributed by atoms with Gasteiger partial charge in [-0.25, -0.2) is 4.79 Å². The van der Waals surface area contributed by atoms with Gasteiger partial charge in [0.15, 0.2) is 0 Å².